The molecule has 22 heavy (non-hydrogen) atoms. The van der Waals surface area contributed by atoms with Gasteiger partial charge in [-0.3, -0.25) is 4.79 Å². The highest BCUT2D eigenvalue weighted by molar-refractivity contribution is 6.14. The predicted octanol–water partition coefficient (Wildman–Crippen LogP) is 3.42. The molecule has 0 bridgehead atoms. The molecular weight excluding hydrogens is 272 g/mol. The number of rotatable bonds is 3. The molecule has 0 unspecified atom stereocenters. The van der Waals surface area contributed by atoms with Crippen molar-refractivity contribution >= 4 is 17.8 Å². The van der Waals surface area contributed by atoms with E-state index >= 15 is 0 Å². The van der Waals surface area contributed by atoms with Crippen LogP contribution < -0.4 is 5.32 Å². The molecule has 3 rings (SSSR count). The van der Waals surface area contributed by atoms with Gasteiger partial charge >= 0.3 is 0 Å². The molecule has 0 spiro atoms. The van der Waals surface area contributed by atoms with Crippen LogP contribution in [-0.2, 0) is 11.2 Å². The molecule has 0 atom stereocenters. The molecule has 2 aromatic rings. The van der Waals surface area contributed by atoms with Crippen LogP contribution in [-0.4, -0.2) is 11.7 Å². The maximum absolute atomic E-state index is 12.1. The lowest BCUT2D eigenvalue weighted by molar-refractivity contribution is -0.115. The van der Waals surface area contributed by atoms with Gasteiger partial charge in [0.15, 0.2) is 0 Å². The highest BCUT2D eigenvalue weighted by Gasteiger charge is 2.20. The van der Waals surface area contributed by atoms with E-state index in [1.54, 1.807) is 0 Å². The van der Waals surface area contributed by atoms with Gasteiger partial charge in [-0.15, -0.1) is 0 Å². The van der Waals surface area contributed by atoms with Crippen LogP contribution >= 0.6 is 0 Å². The summed E-state index contributed by atoms with van der Waals surface area (Å²) in [5.41, 5.74) is 4.95. The number of hydrogen-bond acceptors (Lipinski definition) is 2. The first-order chi connectivity index (χ1) is 10.6. The fraction of sp³-hybridized carbons (Fsp3) is 0.158. The highest BCUT2D eigenvalue weighted by atomic mass is 16.2. The van der Waals surface area contributed by atoms with Crippen molar-refractivity contribution < 1.29 is 4.79 Å². The minimum absolute atomic E-state index is 0.133. The van der Waals surface area contributed by atoms with Crippen molar-refractivity contribution in [3.8, 4) is 0 Å². The Hall–Kier alpha value is -2.68. The van der Waals surface area contributed by atoms with Crippen LogP contribution in [0.15, 0.2) is 59.2 Å². The monoisotopic (exact) mass is 290 g/mol. The maximum Gasteiger partial charge on any atom is 0.275 e. The second-order valence-corrected chi connectivity index (χ2v) is 5.56. The number of amidine groups is 1. The van der Waals surface area contributed by atoms with Crippen molar-refractivity contribution in [2.75, 3.05) is 0 Å². The molecule has 0 radical (unpaired) electrons. The van der Waals surface area contributed by atoms with Crippen molar-refractivity contribution in [1.82, 2.24) is 5.32 Å². The van der Waals surface area contributed by atoms with E-state index in [2.05, 4.69) is 28.5 Å². The van der Waals surface area contributed by atoms with Crippen molar-refractivity contribution in [3.63, 3.8) is 0 Å². The summed E-state index contributed by atoms with van der Waals surface area (Å²) < 4.78 is 0. The second-order valence-electron chi connectivity index (χ2n) is 5.56. The highest BCUT2D eigenvalue weighted by Crippen LogP contribution is 2.18. The largest absolute Gasteiger partial charge is 0.308 e. The molecule has 0 fully saturated rings. The Kier molecular flexibility index (Phi) is 3.88. The Labute approximate surface area is 130 Å². The topological polar surface area (TPSA) is 41.5 Å². The van der Waals surface area contributed by atoms with E-state index in [0.717, 1.165) is 16.7 Å². The van der Waals surface area contributed by atoms with Gasteiger partial charge in [-0.1, -0.05) is 54.1 Å². The first-order valence-electron chi connectivity index (χ1n) is 7.33. The summed E-state index contributed by atoms with van der Waals surface area (Å²) >= 11 is 0. The molecule has 1 aliphatic heterocycles. The summed E-state index contributed by atoms with van der Waals surface area (Å²) in [6, 6.07) is 16.2. The quantitative estimate of drug-likeness (QED) is 0.865. The second kappa shape index (κ2) is 5.98. The van der Waals surface area contributed by atoms with E-state index < -0.39 is 0 Å². The third-order valence-corrected chi connectivity index (χ3v) is 3.69. The van der Waals surface area contributed by atoms with Crippen LogP contribution in [0.4, 0.5) is 0 Å². The average molecular weight is 290 g/mol. The number of benzene rings is 2. The standard InChI is InChI=1S/C19H18N2O/c1-13-8-9-14(2)16(10-13)12-17-19(22)21-18(20-17)11-15-6-4-3-5-7-15/h3-10,12H,11H2,1-2H3,(H,20,21,22)/b17-12+. The van der Waals surface area contributed by atoms with Crippen LogP contribution in [0.25, 0.3) is 6.08 Å². The van der Waals surface area contributed by atoms with Crippen LogP contribution in [0.2, 0.25) is 0 Å². The van der Waals surface area contributed by atoms with Crippen LogP contribution in [0, 0.1) is 13.8 Å². The minimum atomic E-state index is -0.133. The van der Waals surface area contributed by atoms with Gasteiger partial charge in [-0.05, 0) is 36.6 Å². The van der Waals surface area contributed by atoms with Gasteiger partial charge in [0.2, 0.25) is 0 Å². The lowest BCUT2D eigenvalue weighted by atomic mass is 10.0. The lowest BCUT2D eigenvalue weighted by Crippen LogP contribution is -2.25. The number of carbonyl (C=O) groups is 1. The molecule has 2 aromatic carbocycles. The van der Waals surface area contributed by atoms with Crippen LogP contribution in [0.5, 0.6) is 0 Å². The summed E-state index contributed by atoms with van der Waals surface area (Å²) in [5, 5.41) is 2.85. The van der Waals surface area contributed by atoms with E-state index in [4.69, 9.17) is 0 Å². The molecule has 1 N–H and O–H groups in total. The zero-order valence-corrected chi connectivity index (χ0v) is 12.8. The Balaban J connectivity index is 1.86. The Bertz CT molecular complexity index is 773. The van der Waals surface area contributed by atoms with Gasteiger partial charge in [0, 0.05) is 6.42 Å². The lowest BCUT2D eigenvalue weighted by Gasteiger charge is -2.02. The number of aryl methyl sites for hydroxylation is 2. The Morgan fingerprint density at radius 3 is 2.64 bits per heavy atom. The number of hydrogen-bond donors (Lipinski definition) is 1. The zero-order chi connectivity index (χ0) is 15.5. The fourth-order valence-corrected chi connectivity index (χ4v) is 2.45. The van der Waals surface area contributed by atoms with E-state index in [0.29, 0.717) is 18.0 Å². The van der Waals surface area contributed by atoms with Crippen molar-refractivity contribution in [2.45, 2.75) is 20.3 Å². The van der Waals surface area contributed by atoms with Crippen LogP contribution in [0.3, 0.4) is 0 Å². The van der Waals surface area contributed by atoms with Crippen molar-refractivity contribution in [3.05, 3.63) is 76.5 Å². The first kappa shape index (κ1) is 14.3. The molecule has 0 aliphatic carbocycles. The van der Waals surface area contributed by atoms with E-state index in [-0.39, 0.29) is 5.91 Å². The summed E-state index contributed by atoms with van der Waals surface area (Å²) in [6.45, 7) is 4.08. The third-order valence-electron chi connectivity index (χ3n) is 3.69. The smallest absolute Gasteiger partial charge is 0.275 e. The van der Waals surface area contributed by atoms with Gasteiger partial charge < -0.3 is 5.32 Å². The first-order valence-corrected chi connectivity index (χ1v) is 7.33. The molecule has 1 heterocycles. The summed E-state index contributed by atoms with van der Waals surface area (Å²) in [7, 11) is 0. The maximum atomic E-state index is 12.1. The molecule has 3 nitrogen and oxygen atoms in total. The normalized spacial score (nSPS) is 15.8. The van der Waals surface area contributed by atoms with Gasteiger partial charge in [-0.25, -0.2) is 4.99 Å². The third kappa shape index (κ3) is 3.14. The molecule has 1 amide bonds. The number of aliphatic imine (C=N–C) groups is 1. The molecule has 3 heteroatoms. The van der Waals surface area contributed by atoms with Gasteiger partial charge in [0.1, 0.15) is 11.5 Å². The number of nitrogens with one attached hydrogen (secondary N) is 1. The van der Waals surface area contributed by atoms with Crippen LogP contribution in [0.1, 0.15) is 22.3 Å². The number of carbonyl (C=O) groups excluding carboxylic acids is 1. The van der Waals surface area contributed by atoms with Crippen molar-refractivity contribution in [2.24, 2.45) is 4.99 Å². The molecule has 0 saturated carbocycles. The minimum Gasteiger partial charge on any atom is -0.308 e. The Morgan fingerprint density at radius 1 is 1.09 bits per heavy atom. The van der Waals surface area contributed by atoms with Gasteiger partial charge in [0.25, 0.3) is 5.91 Å². The fourth-order valence-electron chi connectivity index (χ4n) is 2.45. The SMILES string of the molecule is Cc1ccc(C)c(/C=C2/N=C(Cc3ccccc3)NC2=O)c1. The number of amides is 1. The van der Waals surface area contributed by atoms with E-state index in [1.807, 2.05) is 50.3 Å². The number of nitrogens with zero attached hydrogens (tertiary/aromatic N) is 1. The van der Waals surface area contributed by atoms with Crippen molar-refractivity contribution in [1.29, 1.82) is 0 Å². The van der Waals surface area contributed by atoms with E-state index in [1.165, 1.54) is 5.56 Å². The zero-order valence-electron chi connectivity index (χ0n) is 12.8. The molecule has 110 valence electrons. The predicted molar refractivity (Wildman–Crippen MR) is 89.6 cm³/mol. The summed E-state index contributed by atoms with van der Waals surface area (Å²) in [6.07, 6.45) is 2.49. The van der Waals surface area contributed by atoms with Gasteiger partial charge in [-0.2, -0.15) is 0 Å². The molecule has 1 aliphatic rings. The molecule has 0 saturated heterocycles. The molecule has 0 aromatic heterocycles. The molecular formula is C19H18N2O. The average Bonchev–Trinajstić information content (AvgIpc) is 2.84. The summed E-state index contributed by atoms with van der Waals surface area (Å²) in [4.78, 5) is 16.5. The Morgan fingerprint density at radius 2 is 1.86 bits per heavy atom. The summed E-state index contributed by atoms with van der Waals surface area (Å²) in [5.74, 6) is 0.569. The van der Waals surface area contributed by atoms with Gasteiger partial charge in [0.05, 0.1) is 0 Å². The van der Waals surface area contributed by atoms with E-state index in [9.17, 15) is 4.79 Å².